The second kappa shape index (κ2) is 2.34. The molecule has 0 spiro atoms. The zero-order valence-electron chi connectivity index (χ0n) is 5.76. The molecule has 3 nitrogen and oxygen atoms in total. The molecule has 1 aliphatic heterocycles. The van der Waals surface area contributed by atoms with Crippen LogP contribution in [0.4, 0.5) is 0 Å². The van der Waals surface area contributed by atoms with Gasteiger partial charge in [-0.05, 0) is 0 Å². The smallest absolute Gasteiger partial charge is 0.263 e. The van der Waals surface area contributed by atoms with Gasteiger partial charge in [0.1, 0.15) is 4.88 Å². The second-order valence-electron chi connectivity index (χ2n) is 2.33. The number of nitrogens with one attached hydrogen (secondary N) is 1. The summed E-state index contributed by atoms with van der Waals surface area (Å²) in [4.78, 5) is 16.3. The minimum atomic E-state index is -0.0412. The van der Waals surface area contributed by atoms with Crippen LogP contribution in [0.5, 0.6) is 0 Å². The SMILES string of the molecule is [B]c1nc2c(s1)C(=O)NCC2. The van der Waals surface area contributed by atoms with Crippen molar-refractivity contribution in [2.75, 3.05) is 6.54 Å². The maximum absolute atomic E-state index is 11.1. The van der Waals surface area contributed by atoms with Gasteiger partial charge in [0, 0.05) is 17.9 Å². The Morgan fingerprint density at radius 1 is 1.64 bits per heavy atom. The van der Waals surface area contributed by atoms with Crippen LogP contribution in [-0.4, -0.2) is 25.3 Å². The lowest BCUT2D eigenvalue weighted by Gasteiger charge is -2.09. The minimum absolute atomic E-state index is 0.0412. The molecule has 1 aromatic heterocycles. The summed E-state index contributed by atoms with van der Waals surface area (Å²) in [6.07, 6.45) is 0.800. The van der Waals surface area contributed by atoms with Crippen molar-refractivity contribution in [3.05, 3.63) is 10.6 Å². The van der Waals surface area contributed by atoms with Gasteiger partial charge in [-0.3, -0.25) is 9.78 Å². The molecular formula is C6H5BN2OS. The van der Waals surface area contributed by atoms with Crippen molar-refractivity contribution in [2.24, 2.45) is 0 Å². The van der Waals surface area contributed by atoms with E-state index in [0.717, 1.165) is 12.1 Å². The summed E-state index contributed by atoms with van der Waals surface area (Å²) in [7, 11) is 5.45. The largest absolute Gasteiger partial charge is 0.351 e. The molecule has 0 saturated heterocycles. The van der Waals surface area contributed by atoms with Gasteiger partial charge in [-0.2, -0.15) is 0 Å². The Morgan fingerprint density at radius 3 is 3.18 bits per heavy atom. The molecule has 2 heterocycles. The van der Waals surface area contributed by atoms with E-state index >= 15 is 0 Å². The van der Waals surface area contributed by atoms with Gasteiger partial charge in [-0.15, -0.1) is 11.3 Å². The van der Waals surface area contributed by atoms with E-state index in [9.17, 15) is 4.79 Å². The maximum atomic E-state index is 11.1. The normalized spacial score (nSPS) is 15.8. The third-order valence-electron chi connectivity index (χ3n) is 1.57. The highest BCUT2D eigenvalue weighted by Gasteiger charge is 2.19. The van der Waals surface area contributed by atoms with Crippen molar-refractivity contribution < 1.29 is 4.79 Å². The summed E-state index contributed by atoms with van der Waals surface area (Å²) in [5.41, 5.74) is 0.844. The quantitative estimate of drug-likeness (QED) is 0.511. The average Bonchev–Trinajstić information content (AvgIpc) is 2.31. The fraction of sp³-hybridized carbons (Fsp3) is 0.333. The Labute approximate surface area is 69.2 Å². The molecule has 11 heavy (non-hydrogen) atoms. The lowest BCUT2D eigenvalue weighted by molar-refractivity contribution is 0.0950. The van der Waals surface area contributed by atoms with Gasteiger partial charge in [-0.1, -0.05) is 0 Å². The lowest BCUT2D eigenvalue weighted by Crippen LogP contribution is -2.30. The minimum Gasteiger partial charge on any atom is -0.351 e. The zero-order chi connectivity index (χ0) is 7.84. The van der Waals surface area contributed by atoms with E-state index in [4.69, 9.17) is 7.85 Å². The van der Waals surface area contributed by atoms with E-state index in [1.54, 1.807) is 0 Å². The molecule has 2 rings (SSSR count). The summed E-state index contributed by atoms with van der Waals surface area (Å²) < 4.78 is 0. The van der Waals surface area contributed by atoms with Crippen LogP contribution in [0.2, 0.25) is 0 Å². The molecule has 1 amide bonds. The van der Waals surface area contributed by atoms with E-state index in [-0.39, 0.29) is 5.91 Å². The highest BCUT2D eigenvalue weighted by atomic mass is 32.1. The molecule has 54 valence electrons. The molecule has 5 heteroatoms. The summed E-state index contributed by atoms with van der Waals surface area (Å²) in [5.74, 6) is -0.0412. The van der Waals surface area contributed by atoms with Gasteiger partial charge in [-0.25, -0.2) is 0 Å². The number of hydrogen-bond acceptors (Lipinski definition) is 3. The van der Waals surface area contributed by atoms with Crippen LogP contribution in [0, 0.1) is 0 Å². The number of carbonyl (C=O) groups excluding carboxylic acids is 1. The number of nitrogens with zero attached hydrogens (tertiary/aromatic N) is 1. The van der Waals surface area contributed by atoms with E-state index in [1.807, 2.05) is 0 Å². The molecule has 1 aliphatic rings. The number of thiazole rings is 1. The topological polar surface area (TPSA) is 42.0 Å². The fourth-order valence-electron chi connectivity index (χ4n) is 1.09. The summed E-state index contributed by atoms with van der Waals surface area (Å²) in [5, 5.41) is 2.73. The molecule has 1 aromatic rings. The first kappa shape index (κ1) is 6.85. The first-order chi connectivity index (χ1) is 5.27. The van der Waals surface area contributed by atoms with Gasteiger partial charge in [0.15, 0.2) is 7.85 Å². The molecule has 0 unspecified atom stereocenters. The summed E-state index contributed by atoms with van der Waals surface area (Å²) in [6.45, 7) is 0.676. The standard InChI is InChI=1S/C6H5BN2OS/c7-6-9-3-1-2-8-5(10)4(3)11-6/h1-2H2,(H,8,10). The Morgan fingerprint density at radius 2 is 2.45 bits per heavy atom. The zero-order valence-corrected chi connectivity index (χ0v) is 6.57. The van der Waals surface area contributed by atoms with Crippen molar-refractivity contribution in [2.45, 2.75) is 6.42 Å². The van der Waals surface area contributed by atoms with Gasteiger partial charge < -0.3 is 5.32 Å². The first-order valence-corrected chi connectivity index (χ1v) is 4.12. The molecule has 0 bridgehead atoms. The van der Waals surface area contributed by atoms with Crippen LogP contribution in [-0.2, 0) is 6.42 Å². The summed E-state index contributed by atoms with van der Waals surface area (Å²) >= 11 is 1.25. The van der Waals surface area contributed by atoms with Crippen LogP contribution in [0.25, 0.3) is 0 Å². The third kappa shape index (κ3) is 1.05. The van der Waals surface area contributed by atoms with Crippen molar-refractivity contribution in [1.29, 1.82) is 0 Å². The molecule has 1 N–H and O–H groups in total. The highest BCUT2D eigenvalue weighted by molar-refractivity contribution is 7.21. The Bertz CT molecular complexity index is 310. The van der Waals surface area contributed by atoms with Crippen molar-refractivity contribution >= 4 is 30.0 Å². The van der Waals surface area contributed by atoms with Crippen molar-refractivity contribution in [3.63, 3.8) is 0 Å². The van der Waals surface area contributed by atoms with Crippen LogP contribution < -0.4 is 10.2 Å². The molecule has 0 aromatic carbocycles. The number of aromatic nitrogens is 1. The predicted molar refractivity (Wildman–Crippen MR) is 43.5 cm³/mol. The van der Waals surface area contributed by atoms with Gasteiger partial charge in [0.25, 0.3) is 5.91 Å². The molecule has 0 saturated carbocycles. The molecular weight excluding hydrogens is 159 g/mol. The monoisotopic (exact) mass is 164 g/mol. The van der Waals surface area contributed by atoms with E-state index in [2.05, 4.69) is 10.3 Å². The van der Waals surface area contributed by atoms with Gasteiger partial charge in [0.2, 0.25) is 0 Å². The van der Waals surface area contributed by atoms with Crippen LogP contribution in [0.3, 0.4) is 0 Å². The average molecular weight is 164 g/mol. The third-order valence-corrected chi connectivity index (χ3v) is 2.49. The number of hydrogen-bond donors (Lipinski definition) is 1. The number of rotatable bonds is 0. The molecule has 2 radical (unpaired) electrons. The van der Waals surface area contributed by atoms with Crippen LogP contribution >= 0.6 is 11.3 Å². The Kier molecular flexibility index (Phi) is 1.46. The van der Waals surface area contributed by atoms with Crippen LogP contribution in [0.1, 0.15) is 15.4 Å². The number of fused-ring (bicyclic) bond motifs is 1. The van der Waals surface area contributed by atoms with Gasteiger partial charge >= 0.3 is 0 Å². The van der Waals surface area contributed by atoms with E-state index < -0.39 is 0 Å². The summed E-state index contributed by atoms with van der Waals surface area (Å²) in [6, 6.07) is 0. The maximum Gasteiger partial charge on any atom is 0.263 e. The predicted octanol–water partition coefficient (Wildman–Crippen LogP) is -0.777. The fourth-order valence-corrected chi connectivity index (χ4v) is 1.89. The molecule has 0 fully saturated rings. The lowest BCUT2D eigenvalue weighted by atomic mass is 10.2. The Balaban J connectivity index is 2.52. The second-order valence-corrected chi connectivity index (χ2v) is 3.36. The van der Waals surface area contributed by atoms with Crippen LogP contribution in [0.15, 0.2) is 0 Å². The van der Waals surface area contributed by atoms with Crippen molar-refractivity contribution in [1.82, 2.24) is 10.3 Å². The van der Waals surface area contributed by atoms with E-state index in [1.165, 1.54) is 11.3 Å². The van der Waals surface area contributed by atoms with Crippen molar-refractivity contribution in [3.8, 4) is 0 Å². The Hall–Kier alpha value is -0.835. The number of carbonyl (C=O) groups is 1. The number of amides is 1. The van der Waals surface area contributed by atoms with Gasteiger partial charge in [0.05, 0.1) is 5.69 Å². The van der Waals surface area contributed by atoms with E-state index in [0.29, 0.717) is 16.3 Å². The highest BCUT2D eigenvalue weighted by Crippen LogP contribution is 2.14. The molecule has 0 aliphatic carbocycles. The first-order valence-electron chi connectivity index (χ1n) is 3.31. The molecule has 0 atom stereocenters.